The molecule has 1 aromatic carbocycles. The second-order valence-electron chi connectivity index (χ2n) is 6.49. The van der Waals surface area contributed by atoms with E-state index in [4.69, 9.17) is 0 Å². The van der Waals surface area contributed by atoms with E-state index in [0.29, 0.717) is 27.7 Å². The van der Waals surface area contributed by atoms with Crippen LogP contribution in [0.1, 0.15) is 29.8 Å². The highest BCUT2D eigenvalue weighted by molar-refractivity contribution is 7.98. The van der Waals surface area contributed by atoms with Gasteiger partial charge in [0, 0.05) is 24.3 Å². The van der Waals surface area contributed by atoms with Crippen LogP contribution in [0.2, 0.25) is 0 Å². The molecule has 0 bridgehead atoms. The van der Waals surface area contributed by atoms with Gasteiger partial charge in [0.25, 0.3) is 5.56 Å². The van der Waals surface area contributed by atoms with E-state index >= 15 is 0 Å². The maximum Gasteiger partial charge on any atom is 0.267 e. The summed E-state index contributed by atoms with van der Waals surface area (Å²) in [5.41, 5.74) is 1.76. The normalized spacial score (nSPS) is 13.2. The molecule has 144 valence electrons. The number of H-pyrrole nitrogens is 2. The molecular formula is C19H16N8OS. The third-order valence-electron chi connectivity index (χ3n) is 4.77. The Balaban J connectivity index is 1.75. The summed E-state index contributed by atoms with van der Waals surface area (Å²) in [7, 11) is 0. The third-order valence-corrected chi connectivity index (χ3v) is 5.76. The Bertz CT molecular complexity index is 1150. The van der Waals surface area contributed by atoms with Gasteiger partial charge in [0.05, 0.1) is 16.3 Å². The molecule has 3 heterocycles. The van der Waals surface area contributed by atoms with Gasteiger partial charge < -0.3 is 9.88 Å². The van der Waals surface area contributed by atoms with Crippen LogP contribution in [0.3, 0.4) is 0 Å². The fraction of sp³-hybridized carbons (Fsp3) is 0.263. The highest BCUT2D eigenvalue weighted by Crippen LogP contribution is 2.33. The molecular weight excluding hydrogens is 388 g/mol. The quantitative estimate of drug-likeness (QED) is 0.617. The number of nitrogens with one attached hydrogen (secondary N) is 2. The maximum atomic E-state index is 12.5. The predicted octanol–water partition coefficient (Wildman–Crippen LogP) is 2.19. The standard InChI is InChI=1S/C19H16N8OS/c20-9-14-17(12-3-5-13(6-4-12)27-7-1-2-8-27)15(10-21)19(22-18(14)28)29-11-16-23-25-26-24-16/h3-6H,1-2,7-8,11H2,(H,22,28)(H,23,24,25,26). The fourth-order valence-corrected chi connectivity index (χ4v) is 4.24. The summed E-state index contributed by atoms with van der Waals surface area (Å²) in [4.78, 5) is 17.5. The molecule has 1 fully saturated rings. The van der Waals surface area contributed by atoms with Crippen LogP contribution in [0.5, 0.6) is 0 Å². The lowest BCUT2D eigenvalue weighted by Crippen LogP contribution is -2.17. The summed E-state index contributed by atoms with van der Waals surface area (Å²) in [5.74, 6) is 0.765. The first-order valence-corrected chi connectivity index (χ1v) is 10.0. The smallest absolute Gasteiger partial charge is 0.267 e. The number of nitriles is 2. The lowest BCUT2D eigenvalue weighted by Gasteiger charge is -2.18. The van der Waals surface area contributed by atoms with Gasteiger partial charge in [-0.1, -0.05) is 29.1 Å². The van der Waals surface area contributed by atoms with Crippen molar-refractivity contribution in [3.63, 3.8) is 0 Å². The molecule has 0 saturated carbocycles. The zero-order chi connectivity index (χ0) is 20.2. The van der Waals surface area contributed by atoms with Gasteiger partial charge in [-0.25, -0.2) is 0 Å². The molecule has 10 heteroatoms. The van der Waals surface area contributed by atoms with Crippen LogP contribution >= 0.6 is 11.8 Å². The second kappa shape index (κ2) is 8.17. The summed E-state index contributed by atoms with van der Waals surface area (Å²) in [5, 5.41) is 33.3. The summed E-state index contributed by atoms with van der Waals surface area (Å²) in [6.07, 6.45) is 2.35. The number of rotatable bonds is 5. The van der Waals surface area contributed by atoms with E-state index in [9.17, 15) is 15.3 Å². The van der Waals surface area contributed by atoms with E-state index in [1.165, 1.54) is 24.6 Å². The highest BCUT2D eigenvalue weighted by atomic mass is 32.2. The van der Waals surface area contributed by atoms with Crippen molar-refractivity contribution in [2.24, 2.45) is 0 Å². The maximum absolute atomic E-state index is 12.5. The lowest BCUT2D eigenvalue weighted by atomic mass is 9.97. The topological polar surface area (TPSA) is 138 Å². The molecule has 2 N–H and O–H groups in total. The molecule has 4 rings (SSSR count). The van der Waals surface area contributed by atoms with Crippen LogP contribution in [0.25, 0.3) is 11.1 Å². The first kappa shape index (κ1) is 18.7. The van der Waals surface area contributed by atoms with Crippen LogP contribution < -0.4 is 10.5 Å². The average molecular weight is 404 g/mol. The van der Waals surface area contributed by atoms with E-state index in [1.807, 2.05) is 30.3 Å². The van der Waals surface area contributed by atoms with Crippen molar-refractivity contribution in [3.05, 3.63) is 51.6 Å². The monoisotopic (exact) mass is 404 g/mol. The minimum absolute atomic E-state index is 0.0700. The van der Waals surface area contributed by atoms with Crippen molar-refractivity contribution >= 4 is 17.4 Å². The average Bonchev–Trinajstić information content (AvgIpc) is 3.46. The molecule has 0 atom stereocenters. The Hall–Kier alpha value is -3.63. The first-order valence-electron chi connectivity index (χ1n) is 9.02. The van der Waals surface area contributed by atoms with E-state index in [0.717, 1.165) is 18.8 Å². The van der Waals surface area contributed by atoms with Gasteiger partial charge in [0.2, 0.25) is 0 Å². The van der Waals surface area contributed by atoms with Crippen LogP contribution in [-0.2, 0) is 5.75 Å². The van der Waals surface area contributed by atoms with Crippen LogP contribution in [0.15, 0.2) is 34.1 Å². The molecule has 0 radical (unpaired) electrons. The van der Waals surface area contributed by atoms with Gasteiger partial charge in [-0.15, -0.1) is 10.2 Å². The van der Waals surface area contributed by atoms with Gasteiger partial charge in [-0.3, -0.25) is 4.79 Å². The molecule has 1 saturated heterocycles. The van der Waals surface area contributed by atoms with Crippen molar-refractivity contribution in [3.8, 4) is 23.3 Å². The van der Waals surface area contributed by atoms with Crippen molar-refractivity contribution in [1.82, 2.24) is 25.6 Å². The SMILES string of the molecule is N#Cc1c(SCc2nn[nH]n2)[nH]c(=O)c(C#N)c1-c1ccc(N2CCCC2)cc1. The van der Waals surface area contributed by atoms with Crippen molar-refractivity contribution < 1.29 is 0 Å². The number of aromatic amines is 2. The van der Waals surface area contributed by atoms with Gasteiger partial charge in [0.1, 0.15) is 17.7 Å². The van der Waals surface area contributed by atoms with Gasteiger partial charge >= 0.3 is 0 Å². The van der Waals surface area contributed by atoms with Crippen LogP contribution in [-0.4, -0.2) is 38.7 Å². The van der Waals surface area contributed by atoms with Crippen LogP contribution in [0, 0.1) is 22.7 Å². The molecule has 29 heavy (non-hydrogen) atoms. The molecule has 0 aliphatic carbocycles. The molecule has 0 unspecified atom stereocenters. The first-order chi connectivity index (χ1) is 14.2. The van der Waals surface area contributed by atoms with Gasteiger partial charge in [0.15, 0.2) is 5.82 Å². The Kier molecular flexibility index (Phi) is 5.27. The molecule has 2 aromatic heterocycles. The molecule has 0 spiro atoms. The van der Waals surface area contributed by atoms with E-state index in [-0.39, 0.29) is 11.1 Å². The molecule has 3 aromatic rings. The van der Waals surface area contributed by atoms with Crippen molar-refractivity contribution in [1.29, 1.82) is 10.5 Å². The lowest BCUT2D eigenvalue weighted by molar-refractivity contribution is 0.881. The second-order valence-corrected chi connectivity index (χ2v) is 7.48. The fourth-order valence-electron chi connectivity index (χ4n) is 3.39. The number of hydrogen-bond donors (Lipinski definition) is 2. The third kappa shape index (κ3) is 3.71. The van der Waals surface area contributed by atoms with Crippen molar-refractivity contribution in [2.45, 2.75) is 23.6 Å². The molecule has 1 aliphatic heterocycles. The summed E-state index contributed by atoms with van der Waals surface area (Å²) >= 11 is 1.21. The Morgan fingerprint density at radius 2 is 1.83 bits per heavy atom. The number of aromatic nitrogens is 5. The minimum atomic E-state index is -0.527. The number of benzene rings is 1. The van der Waals surface area contributed by atoms with E-state index < -0.39 is 5.56 Å². The highest BCUT2D eigenvalue weighted by Gasteiger charge is 2.21. The van der Waals surface area contributed by atoms with Gasteiger partial charge in [-0.05, 0) is 30.5 Å². The predicted molar refractivity (Wildman–Crippen MR) is 107 cm³/mol. The summed E-state index contributed by atoms with van der Waals surface area (Å²) < 4.78 is 0. The number of thioether (sulfide) groups is 1. The number of pyridine rings is 1. The summed E-state index contributed by atoms with van der Waals surface area (Å²) in [6.45, 7) is 2.04. The summed E-state index contributed by atoms with van der Waals surface area (Å²) in [6, 6.07) is 11.8. The minimum Gasteiger partial charge on any atom is -0.372 e. The molecule has 1 aliphatic rings. The van der Waals surface area contributed by atoms with Crippen LogP contribution in [0.4, 0.5) is 5.69 Å². The molecule has 0 amide bonds. The van der Waals surface area contributed by atoms with Crippen molar-refractivity contribution in [2.75, 3.05) is 18.0 Å². The van der Waals surface area contributed by atoms with E-state index in [2.05, 4.69) is 36.6 Å². The number of tetrazole rings is 1. The zero-order valence-corrected chi connectivity index (χ0v) is 16.2. The zero-order valence-electron chi connectivity index (χ0n) is 15.3. The molecule has 9 nitrogen and oxygen atoms in total. The number of hydrogen-bond acceptors (Lipinski definition) is 8. The Morgan fingerprint density at radius 3 is 2.45 bits per heavy atom. The largest absolute Gasteiger partial charge is 0.372 e. The van der Waals surface area contributed by atoms with E-state index in [1.54, 1.807) is 0 Å². The Labute approximate surface area is 170 Å². The number of anilines is 1. The number of nitrogens with zero attached hydrogens (tertiary/aromatic N) is 6. The van der Waals surface area contributed by atoms with Gasteiger partial charge in [-0.2, -0.15) is 15.7 Å². The Morgan fingerprint density at radius 1 is 1.10 bits per heavy atom.